The van der Waals surface area contributed by atoms with Crippen LogP contribution < -0.4 is 5.32 Å². The first-order valence-corrected chi connectivity index (χ1v) is 5.43. The number of unbranched alkanes of at least 4 members (excludes halogenated alkanes) is 1. The van der Waals surface area contributed by atoms with Gasteiger partial charge in [-0.2, -0.15) is 0 Å². The molecule has 1 rings (SSSR count). The zero-order valence-electron chi connectivity index (χ0n) is 9.50. The van der Waals surface area contributed by atoms with Crippen molar-refractivity contribution in [2.75, 3.05) is 6.54 Å². The van der Waals surface area contributed by atoms with Crippen LogP contribution >= 0.6 is 0 Å². The molecule has 5 nitrogen and oxygen atoms in total. The molecule has 2 N–H and O–H groups in total. The van der Waals surface area contributed by atoms with Gasteiger partial charge in [-0.05, 0) is 18.4 Å². The van der Waals surface area contributed by atoms with E-state index >= 15 is 0 Å². The lowest BCUT2D eigenvalue weighted by Crippen LogP contribution is -2.25. The fourth-order valence-electron chi connectivity index (χ4n) is 1.22. The van der Waals surface area contributed by atoms with E-state index in [0.29, 0.717) is 19.4 Å². The van der Waals surface area contributed by atoms with Crippen molar-refractivity contribution in [1.29, 1.82) is 0 Å². The normalized spacial score (nSPS) is 10.4. The third kappa shape index (κ3) is 6.19. The number of benzene rings is 1. The molecule has 92 valence electrons. The van der Waals surface area contributed by atoms with Gasteiger partial charge in [0, 0.05) is 12.8 Å². The summed E-state index contributed by atoms with van der Waals surface area (Å²) < 4.78 is 5.00. The molecule has 0 saturated carbocycles. The highest BCUT2D eigenvalue weighted by Gasteiger charge is 2.00. The highest BCUT2D eigenvalue weighted by molar-refractivity contribution is 5.67. The van der Waals surface area contributed by atoms with E-state index in [1.165, 1.54) is 6.21 Å². The maximum atomic E-state index is 11.2. The molecule has 0 heterocycles. The standard InChI is InChI=1S/C12H16N2O3/c15-12(13-8-4-5-9-14-16)17-10-11-6-2-1-3-7-11/h1-3,6-7,9,16H,4-5,8,10H2,(H,13,15)/b14-9+. The van der Waals surface area contributed by atoms with Crippen molar-refractivity contribution in [3.8, 4) is 0 Å². The van der Waals surface area contributed by atoms with Gasteiger partial charge in [0.05, 0.1) is 0 Å². The van der Waals surface area contributed by atoms with Gasteiger partial charge < -0.3 is 15.3 Å². The lowest BCUT2D eigenvalue weighted by molar-refractivity contribution is 0.139. The molecule has 5 heteroatoms. The number of nitrogens with zero attached hydrogens (tertiary/aromatic N) is 1. The van der Waals surface area contributed by atoms with E-state index in [1.54, 1.807) is 0 Å². The van der Waals surface area contributed by atoms with Gasteiger partial charge in [0.1, 0.15) is 6.61 Å². The van der Waals surface area contributed by atoms with Gasteiger partial charge in [0.15, 0.2) is 0 Å². The van der Waals surface area contributed by atoms with Gasteiger partial charge in [0.25, 0.3) is 0 Å². The first kappa shape index (κ1) is 13.0. The maximum Gasteiger partial charge on any atom is 0.407 e. The number of carbonyl (C=O) groups is 1. The molecule has 0 atom stereocenters. The number of rotatable bonds is 6. The van der Waals surface area contributed by atoms with E-state index in [9.17, 15) is 4.79 Å². The van der Waals surface area contributed by atoms with Crippen LogP contribution in [0.5, 0.6) is 0 Å². The van der Waals surface area contributed by atoms with Crippen LogP contribution in [0, 0.1) is 0 Å². The van der Waals surface area contributed by atoms with Crippen molar-refractivity contribution in [2.24, 2.45) is 5.16 Å². The summed E-state index contributed by atoms with van der Waals surface area (Å²) in [6, 6.07) is 9.48. The summed E-state index contributed by atoms with van der Waals surface area (Å²) in [5.41, 5.74) is 0.954. The second kappa shape index (κ2) is 8.15. The number of amides is 1. The monoisotopic (exact) mass is 236 g/mol. The predicted octanol–water partition coefficient (Wildman–Crippen LogP) is 2.15. The smallest absolute Gasteiger partial charge is 0.407 e. The van der Waals surface area contributed by atoms with Crippen LogP contribution in [-0.4, -0.2) is 24.1 Å². The van der Waals surface area contributed by atoms with Gasteiger partial charge in [-0.25, -0.2) is 4.79 Å². The molecule has 0 fully saturated rings. The Labute approximate surface area is 100 Å². The van der Waals surface area contributed by atoms with Crippen molar-refractivity contribution in [3.05, 3.63) is 35.9 Å². The summed E-state index contributed by atoms with van der Waals surface area (Å²) in [5.74, 6) is 0. The first-order chi connectivity index (χ1) is 8.33. The van der Waals surface area contributed by atoms with Gasteiger partial charge in [0.2, 0.25) is 0 Å². The molecule has 0 spiro atoms. The summed E-state index contributed by atoms with van der Waals surface area (Å²) >= 11 is 0. The molecular formula is C12H16N2O3. The SMILES string of the molecule is O=C(NCCC/C=N/O)OCc1ccccc1. The van der Waals surface area contributed by atoms with Crippen LogP contribution in [0.3, 0.4) is 0 Å². The van der Waals surface area contributed by atoms with E-state index in [2.05, 4.69) is 10.5 Å². The minimum atomic E-state index is -0.435. The molecule has 17 heavy (non-hydrogen) atoms. The summed E-state index contributed by atoms with van der Waals surface area (Å²) in [4.78, 5) is 11.2. The Hall–Kier alpha value is -2.04. The summed E-state index contributed by atoms with van der Waals surface area (Å²) in [5, 5.41) is 13.6. The number of nitrogens with one attached hydrogen (secondary N) is 1. The Kier molecular flexibility index (Phi) is 6.25. The Morgan fingerprint density at radius 1 is 1.41 bits per heavy atom. The number of ether oxygens (including phenoxy) is 1. The highest BCUT2D eigenvalue weighted by atomic mass is 16.5. The van der Waals surface area contributed by atoms with Gasteiger partial charge in [-0.15, -0.1) is 5.16 Å². The molecular weight excluding hydrogens is 220 g/mol. The Bertz CT molecular complexity index is 352. The van der Waals surface area contributed by atoms with Crippen LogP contribution in [0.25, 0.3) is 0 Å². The first-order valence-electron chi connectivity index (χ1n) is 5.43. The van der Waals surface area contributed by atoms with Gasteiger partial charge in [-0.3, -0.25) is 0 Å². The molecule has 0 unspecified atom stereocenters. The minimum absolute atomic E-state index is 0.269. The van der Waals surface area contributed by atoms with Crippen molar-refractivity contribution in [2.45, 2.75) is 19.4 Å². The molecule has 1 aromatic rings. The van der Waals surface area contributed by atoms with E-state index < -0.39 is 6.09 Å². The lowest BCUT2D eigenvalue weighted by Gasteiger charge is -2.06. The third-order valence-corrected chi connectivity index (χ3v) is 2.07. The number of carbonyl (C=O) groups excluding carboxylic acids is 1. The lowest BCUT2D eigenvalue weighted by atomic mass is 10.2. The zero-order chi connectivity index (χ0) is 12.3. The van der Waals surface area contributed by atoms with E-state index in [1.807, 2.05) is 30.3 Å². The summed E-state index contributed by atoms with van der Waals surface area (Å²) in [6.07, 6.45) is 2.28. The average molecular weight is 236 g/mol. The predicted molar refractivity (Wildman–Crippen MR) is 64.1 cm³/mol. The molecule has 0 aliphatic rings. The number of alkyl carbamates (subject to hydrolysis) is 1. The van der Waals surface area contributed by atoms with Gasteiger partial charge in [-0.1, -0.05) is 30.3 Å². The Balaban J connectivity index is 2.09. The van der Waals surface area contributed by atoms with Crippen molar-refractivity contribution < 1.29 is 14.7 Å². The molecule has 0 saturated heterocycles. The molecule has 1 aromatic carbocycles. The third-order valence-electron chi connectivity index (χ3n) is 2.07. The fourth-order valence-corrected chi connectivity index (χ4v) is 1.22. The van der Waals surface area contributed by atoms with E-state index in [-0.39, 0.29) is 6.61 Å². The van der Waals surface area contributed by atoms with E-state index in [4.69, 9.17) is 9.94 Å². The van der Waals surface area contributed by atoms with Crippen LogP contribution in [0.4, 0.5) is 4.79 Å². The molecule has 0 radical (unpaired) electrons. The van der Waals surface area contributed by atoms with Crippen molar-refractivity contribution >= 4 is 12.3 Å². The topological polar surface area (TPSA) is 70.9 Å². The van der Waals surface area contributed by atoms with Crippen LogP contribution in [0.2, 0.25) is 0 Å². The summed E-state index contributed by atoms with van der Waals surface area (Å²) in [7, 11) is 0. The second-order valence-electron chi connectivity index (χ2n) is 3.43. The second-order valence-corrected chi connectivity index (χ2v) is 3.43. The Morgan fingerprint density at radius 2 is 2.18 bits per heavy atom. The van der Waals surface area contributed by atoms with Crippen LogP contribution in [0.15, 0.2) is 35.5 Å². The molecule has 1 amide bonds. The fraction of sp³-hybridized carbons (Fsp3) is 0.333. The quantitative estimate of drug-likeness (QED) is 0.344. The molecule has 0 aliphatic heterocycles. The minimum Gasteiger partial charge on any atom is -0.445 e. The molecule has 0 aromatic heterocycles. The largest absolute Gasteiger partial charge is 0.445 e. The summed E-state index contributed by atoms with van der Waals surface area (Å²) in [6.45, 7) is 0.768. The maximum absolute atomic E-state index is 11.2. The number of oxime groups is 1. The van der Waals surface area contributed by atoms with Crippen LogP contribution in [-0.2, 0) is 11.3 Å². The number of hydrogen-bond donors (Lipinski definition) is 2. The van der Waals surface area contributed by atoms with Crippen molar-refractivity contribution in [1.82, 2.24) is 5.32 Å². The zero-order valence-corrected chi connectivity index (χ0v) is 9.50. The Morgan fingerprint density at radius 3 is 2.88 bits per heavy atom. The van der Waals surface area contributed by atoms with Crippen LogP contribution in [0.1, 0.15) is 18.4 Å². The van der Waals surface area contributed by atoms with Crippen molar-refractivity contribution in [3.63, 3.8) is 0 Å². The molecule has 0 aliphatic carbocycles. The highest BCUT2D eigenvalue weighted by Crippen LogP contribution is 2.00. The molecule has 0 bridgehead atoms. The average Bonchev–Trinajstić information content (AvgIpc) is 2.37. The van der Waals surface area contributed by atoms with E-state index in [0.717, 1.165) is 5.56 Å². The number of hydrogen-bond acceptors (Lipinski definition) is 4. The van der Waals surface area contributed by atoms with Gasteiger partial charge >= 0.3 is 6.09 Å².